The van der Waals surface area contributed by atoms with E-state index in [1.807, 2.05) is 12.1 Å². The Bertz CT molecular complexity index is 833. The van der Waals surface area contributed by atoms with Crippen LogP contribution < -0.4 is 5.32 Å². The van der Waals surface area contributed by atoms with Crippen LogP contribution >= 0.6 is 11.6 Å². The zero-order valence-electron chi connectivity index (χ0n) is 14.0. The summed E-state index contributed by atoms with van der Waals surface area (Å²) in [5.41, 5.74) is 0.185. The van der Waals surface area contributed by atoms with Gasteiger partial charge in [-0.1, -0.05) is 29.5 Å². The van der Waals surface area contributed by atoms with Gasteiger partial charge in [0, 0.05) is 23.0 Å². The highest BCUT2D eigenvalue weighted by atomic mass is 35.5. The molecule has 2 aromatic rings. The highest BCUT2D eigenvalue weighted by Gasteiger charge is 2.33. The van der Waals surface area contributed by atoms with Gasteiger partial charge in [-0.25, -0.2) is 0 Å². The number of nitrogens with one attached hydrogen (secondary N) is 1. The molecule has 1 amide bonds. The van der Waals surface area contributed by atoms with Gasteiger partial charge < -0.3 is 14.8 Å². The third-order valence-electron chi connectivity index (χ3n) is 4.43. The molecule has 2 atom stereocenters. The second-order valence-corrected chi connectivity index (χ2v) is 6.89. The minimum atomic E-state index is -1.11. The van der Waals surface area contributed by atoms with Crippen LogP contribution in [0.4, 0.5) is 0 Å². The number of carbonyl (C=O) groups is 1. The van der Waals surface area contributed by atoms with Crippen molar-refractivity contribution in [3.63, 3.8) is 0 Å². The molecule has 0 bridgehead atoms. The molecule has 1 fully saturated rings. The van der Waals surface area contributed by atoms with Crippen LogP contribution in [0.1, 0.15) is 47.4 Å². The molecule has 1 aliphatic carbocycles. The number of aryl methyl sites for hydroxylation is 1. The van der Waals surface area contributed by atoms with Crippen LogP contribution in [-0.2, 0) is 0 Å². The molecule has 1 saturated carbocycles. The molecule has 3 rings (SSSR count). The number of amides is 1. The van der Waals surface area contributed by atoms with Crippen molar-refractivity contribution in [3.05, 3.63) is 58.5 Å². The molecule has 1 aromatic heterocycles. The number of hydrogen-bond donors (Lipinski definition) is 2. The fourth-order valence-corrected chi connectivity index (χ4v) is 3.32. The third kappa shape index (κ3) is 4.45. The van der Waals surface area contributed by atoms with Crippen LogP contribution in [0.2, 0.25) is 5.02 Å². The molecule has 0 radical (unpaired) electrons. The SMILES string of the molecule is Cc1occc1C(=O)N[C@@H]1CCC[C@](O)(C#Cc2cccc(Cl)c2)C1. The van der Waals surface area contributed by atoms with Crippen LogP contribution in [0.3, 0.4) is 0 Å². The molecule has 0 unspecified atom stereocenters. The maximum atomic E-state index is 12.3. The minimum absolute atomic E-state index is 0.116. The standard InChI is InChI=1S/C20H20ClNO3/c1-14-18(8-11-25-14)19(23)22-17-6-3-9-20(24,13-17)10-7-15-4-2-5-16(21)12-15/h2,4-5,8,11-12,17,24H,3,6,9,13H2,1H3,(H,22,23)/t17-,20+/m1/s1. The fourth-order valence-electron chi connectivity index (χ4n) is 3.13. The predicted octanol–water partition coefficient (Wildman–Crippen LogP) is 3.70. The summed E-state index contributed by atoms with van der Waals surface area (Å²) in [5, 5.41) is 14.4. The van der Waals surface area contributed by atoms with Gasteiger partial charge in [0.1, 0.15) is 11.4 Å². The second kappa shape index (κ2) is 7.35. The Kier molecular flexibility index (Phi) is 5.17. The van der Waals surface area contributed by atoms with Gasteiger partial charge in [0.2, 0.25) is 0 Å². The van der Waals surface area contributed by atoms with E-state index >= 15 is 0 Å². The van der Waals surface area contributed by atoms with Crippen molar-refractivity contribution in [1.29, 1.82) is 0 Å². The maximum Gasteiger partial charge on any atom is 0.255 e. The fraction of sp³-hybridized carbons (Fsp3) is 0.350. The monoisotopic (exact) mass is 357 g/mol. The molecule has 130 valence electrons. The summed E-state index contributed by atoms with van der Waals surface area (Å²) in [6.45, 7) is 1.75. The molecule has 5 heteroatoms. The van der Waals surface area contributed by atoms with Gasteiger partial charge in [-0.15, -0.1) is 0 Å². The Balaban J connectivity index is 1.68. The average Bonchev–Trinajstić information content (AvgIpc) is 2.99. The van der Waals surface area contributed by atoms with Gasteiger partial charge in [0.05, 0.1) is 11.8 Å². The molecular weight excluding hydrogens is 338 g/mol. The molecular formula is C20H20ClNO3. The lowest BCUT2D eigenvalue weighted by Gasteiger charge is -2.33. The average molecular weight is 358 g/mol. The molecule has 0 saturated heterocycles. The molecule has 25 heavy (non-hydrogen) atoms. The largest absolute Gasteiger partial charge is 0.469 e. The van der Waals surface area contributed by atoms with Gasteiger partial charge in [-0.3, -0.25) is 4.79 Å². The molecule has 0 spiro atoms. The van der Waals surface area contributed by atoms with E-state index in [1.165, 1.54) is 6.26 Å². The normalized spacial score (nSPS) is 22.8. The Morgan fingerprint density at radius 1 is 1.44 bits per heavy atom. The topological polar surface area (TPSA) is 62.5 Å². The summed E-state index contributed by atoms with van der Waals surface area (Å²) >= 11 is 5.96. The zero-order valence-corrected chi connectivity index (χ0v) is 14.8. The first-order valence-corrected chi connectivity index (χ1v) is 8.69. The van der Waals surface area contributed by atoms with E-state index in [4.69, 9.17) is 16.0 Å². The summed E-state index contributed by atoms with van der Waals surface area (Å²) < 4.78 is 5.17. The Labute approximate surface area is 152 Å². The van der Waals surface area contributed by atoms with Crippen molar-refractivity contribution in [2.75, 3.05) is 0 Å². The van der Waals surface area contributed by atoms with Gasteiger partial charge >= 0.3 is 0 Å². The number of hydrogen-bond acceptors (Lipinski definition) is 3. The number of benzene rings is 1. The first kappa shape index (κ1) is 17.6. The molecule has 0 aliphatic heterocycles. The lowest BCUT2D eigenvalue weighted by molar-refractivity contribution is 0.0452. The van der Waals surface area contributed by atoms with E-state index < -0.39 is 5.60 Å². The van der Waals surface area contributed by atoms with Crippen molar-refractivity contribution < 1.29 is 14.3 Å². The third-order valence-corrected chi connectivity index (χ3v) is 4.66. The predicted molar refractivity (Wildman–Crippen MR) is 96.4 cm³/mol. The lowest BCUT2D eigenvalue weighted by atomic mass is 9.82. The van der Waals surface area contributed by atoms with Gasteiger partial charge in [-0.2, -0.15) is 0 Å². The zero-order chi connectivity index (χ0) is 17.9. The molecule has 1 aromatic carbocycles. The second-order valence-electron chi connectivity index (χ2n) is 6.45. The van der Waals surface area contributed by atoms with Crippen molar-refractivity contribution >= 4 is 17.5 Å². The van der Waals surface area contributed by atoms with Crippen molar-refractivity contribution in [2.45, 2.75) is 44.2 Å². The quantitative estimate of drug-likeness (QED) is 0.805. The summed E-state index contributed by atoms with van der Waals surface area (Å²) in [6.07, 6.45) is 4.12. The van der Waals surface area contributed by atoms with Crippen molar-refractivity contribution in [3.8, 4) is 11.8 Å². The van der Waals surface area contributed by atoms with Crippen LogP contribution in [0.25, 0.3) is 0 Å². The van der Waals surface area contributed by atoms with Gasteiger partial charge in [-0.05, 0) is 50.5 Å². The highest BCUT2D eigenvalue weighted by Crippen LogP contribution is 2.28. The van der Waals surface area contributed by atoms with Crippen LogP contribution in [-0.4, -0.2) is 22.7 Å². The Morgan fingerprint density at radius 2 is 2.28 bits per heavy atom. The van der Waals surface area contributed by atoms with E-state index in [0.29, 0.717) is 29.2 Å². The molecule has 2 N–H and O–H groups in total. The van der Waals surface area contributed by atoms with Crippen molar-refractivity contribution in [2.24, 2.45) is 0 Å². The highest BCUT2D eigenvalue weighted by molar-refractivity contribution is 6.30. The Morgan fingerprint density at radius 3 is 3.00 bits per heavy atom. The summed E-state index contributed by atoms with van der Waals surface area (Å²) in [6, 6.07) is 8.76. The lowest BCUT2D eigenvalue weighted by Crippen LogP contribution is -2.45. The summed E-state index contributed by atoms with van der Waals surface area (Å²) in [4.78, 5) is 12.3. The smallest absolute Gasteiger partial charge is 0.255 e. The van der Waals surface area contributed by atoms with Gasteiger partial charge in [0.15, 0.2) is 0 Å². The minimum Gasteiger partial charge on any atom is -0.469 e. The van der Waals surface area contributed by atoms with E-state index in [0.717, 1.165) is 18.4 Å². The van der Waals surface area contributed by atoms with E-state index in [-0.39, 0.29) is 11.9 Å². The summed E-state index contributed by atoms with van der Waals surface area (Å²) in [7, 11) is 0. The van der Waals surface area contributed by atoms with E-state index in [2.05, 4.69) is 17.2 Å². The Hall–Kier alpha value is -2.22. The van der Waals surface area contributed by atoms with Gasteiger partial charge in [0.25, 0.3) is 5.91 Å². The van der Waals surface area contributed by atoms with Crippen LogP contribution in [0.5, 0.6) is 0 Å². The maximum absolute atomic E-state index is 12.3. The number of carbonyl (C=O) groups excluding carboxylic acids is 1. The molecule has 1 aliphatic rings. The number of rotatable bonds is 2. The summed E-state index contributed by atoms with van der Waals surface area (Å²) in [5.74, 6) is 6.37. The van der Waals surface area contributed by atoms with Crippen molar-refractivity contribution in [1.82, 2.24) is 5.32 Å². The van der Waals surface area contributed by atoms with Crippen LogP contribution in [0, 0.1) is 18.8 Å². The molecule has 4 nitrogen and oxygen atoms in total. The first-order valence-electron chi connectivity index (χ1n) is 8.31. The van der Waals surface area contributed by atoms with Crippen LogP contribution in [0.15, 0.2) is 41.0 Å². The van der Waals surface area contributed by atoms with E-state index in [1.54, 1.807) is 25.1 Å². The number of halogens is 1. The van der Waals surface area contributed by atoms with E-state index in [9.17, 15) is 9.90 Å². The number of furan rings is 1. The molecule has 1 heterocycles. The first-order chi connectivity index (χ1) is 12.0. The number of aliphatic hydroxyl groups is 1.